The normalized spacial score (nSPS) is 25.8. The molecule has 12 nitrogen and oxygen atoms in total. The Morgan fingerprint density at radius 1 is 0.977 bits per heavy atom. The predicted molar refractivity (Wildman–Crippen MR) is 164 cm³/mol. The summed E-state index contributed by atoms with van der Waals surface area (Å²) in [5.41, 5.74) is 1.45. The average molecular weight is 607 g/mol. The van der Waals surface area contributed by atoms with E-state index in [4.69, 9.17) is 0 Å². The highest BCUT2D eigenvalue weighted by Crippen LogP contribution is 2.31. The topological polar surface area (TPSA) is 142 Å². The van der Waals surface area contributed by atoms with Gasteiger partial charge in [-0.3, -0.25) is 19.2 Å². The lowest BCUT2D eigenvalue weighted by molar-refractivity contribution is -0.141. The van der Waals surface area contributed by atoms with Gasteiger partial charge in [-0.15, -0.1) is 5.10 Å². The monoisotopic (exact) mass is 606 g/mol. The number of fused-ring (bicyclic) bond motifs is 5. The van der Waals surface area contributed by atoms with Gasteiger partial charge in [-0.25, -0.2) is 4.68 Å². The van der Waals surface area contributed by atoms with E-state index in [1.165, 1.54) is 0 Å². The summed E-state index contributed by atoms with van der Waals surface area (Å²) in [6.45, 7) is 10.5. The van der Waals surface area contributed by atoms with Crippen LogP contribution in [0.2, 0.25) is 0 Å². The van der Waals surface area contributed by atoms with Crippen molar-refractivity contribution in [2.24, 2.45) is 11.8 Å². The van der Waals surface area contributed by atoms with Crippen LogP contribution in [0, 0.1) is 11.8 Å². The van der Waals surface area contributed by atoms with E-state index in [9.17, 15) is 19.2 Å². The highest BCUT2D eigenvalue weighted by atomic mass is 16.2. The summed E-state index contributed by atoms with van der Waals surface area (Å²) in [7, 11) is 0. The van der Waals surface area contributed by atoms with Crippen LogP contribution in [-0.4, -0.2) is 92.2 Å². The number of nitrogens with one attached hydrogen (secondary N) is 3. The average Bonchev–Trinajstić information content (AvgIpc) is 3.66. The maximum atomic E-state index is 13.9. The van der Waals surface area contributed by atoms with Crippen molar-refractivity contribution >= 4 is 23.6 Å². The molecular formula is C32H46N8O4. The zero-order chi connectivity index (χ0) is 31.4. The van der Waals surface area contributed by atoms with Gasteiger partial charge < -0.3 is 25.8 Å². The minimum absolute atomic E-state index is 0.0437. The minimum Gasteiger partial charge on any atom is -0.349 e. The Balaban J connectivity index is 1.37. The van der Waals surface area contributed by atoms with E-state index in [1.54, 1.807) is 15.8 Å². The highest BCUT2D eigenvalue weighted by Gasteiger charge is 2.43. The number of nitrogens with zero attached hydrogens (tertiary/aromatic N) is 5. The molecular weight excluding hydrogens is 560 g/mol. The van der Waals surface area contributed by atoms with Gasteiger partial charge in [0, 0.05) is 31.8 Å². The summed E-state index contributed by atoms with van der Waals surface area (Å²) in [6.07, 6.45) is 4.71. The third-order valence-electron chi connectivity index (χ3n) is 9.28. The molecule has 3 aliphatic heterocycles. The molecule has 4 amide bonds. The van der Waals surface area contributed by atoms with Gasteiger partial charge in [0.2, 0.25) is 23.6 Å². The lowest BCUT2D eigenvalue weighted by atomic mass is 9.92. The third kappa shape index (κ3) is 7.46. The van der Waals surface area contributed by atoms with Crippen LogP contribution < -0.4 is 16.0 Å². The van der Waals surface area contributed by atoms with Crippen molar-refractivity contribution < 1.29 is 19.2 Å². The molecule has 12 heteroatoms. The van der Waals surface area contributed by atoms with E-state index in [0.29, 0.717) is 31.1 Å². The highest BCUT2D eigenvalue weighted by molar-refractivity contribution is 5.94. The van der Waals surface area contributed by atoms with Crippen molar-refractivity contribution in [3.63, 3.8) is 0 Å². The van der Waals surface area contributed by atoms with Crippen LogP contribution in [0.5, 0.6) is 0 Å². The third-order valence-corrected chi connectivity index (χ3v) is 9.28. The van der Waals surface area contributed by atoms with E-state index >= 15 is 0 Å². The van der Waals surface area contributed by atoms with E-state index in [1.807, 2.05) is 44.2 Å². The number of rotatable bonds is 6. The summed E-state index contributed by atoms with van der Waals surface area (Å²) >= 11 is 0. The standard InChI is InChI=1S/C32H46N8O4/c1-20(2)29-32(44)34-26(14-22-8-6-5-7-9-22)30(42)33-17-24-18-40(37-36-24)25-16-27(31(43)35-29)39(19-25)28(41)15-23-10-12-38(13-11-23)21(3)4/h5-9,18,20-21,23,25-27,29H,10-17,19H2,1-4H3,(H,33,42)(H,34,44)(H,35,43)/t25-,26+,27-,29-/m0/s1. The molecule has 44 heavy (non-hydrogen) atoms. The van der Waals surface area contributed by atoms with Crippen molar-refractivity contribution in [1.82, 2.24) is 40.7 Å². The molecule has 4 bridgehead atoms. The number of aromatic nitrogens is 3. The van der Waals surface area contributed by atoms with Crippen LogP contribution in [0.3, 0.4) is 0 Å². The molecule has 2 saturated heterocycles. The van der Waals surface area contributed by atoms with Crippen molar-refractivity contribution in [3.05, 3.63) is 47.8 Å². The summed E-state index contributed by atoms with van der Waals surface area (Å²) in [4.78, 5) is 58.7. The Morgan fingerprint density at radius 2 is 1.70 bits per heavy atom. The first kappa shape index (κ1) is 31.6. The Labute approximate surface area is 259 Å². The van der Waals surface area contributed by atoms with Crippen molar-refractivity contribution in [2.75, 3.05) is 19.6 Å². The van der Waals surface area contributed by atoms with Crippen molar-refractivity contribution in [1.29, 1.82) is 0 Å². The first-order valence-corrected chi connectivity index (χ1v) is 16.0. The SMILES string of the molecule is CC(C)[C@@H]1NC(=O)[C@@H]2C[C@@H](CN2C(=O)CC2CCN(C(C)C)CC2)n2cc(nn2)CNC(=O)[C@@H](Cc2ccccc2)NC1=O. The van der Waals surface area contributed by atoms with E-state index in [2.05, 4.69) is 45.0 Å². The fraction of sp³-hybridized carbons (Fsp3) is 0.625. The van der Waals surface area contributed by atoms with Crippen molar-refractivity contribution in [3.8, 4) is 0 Å². The number of amides is 4. The molecule has 1 aromatic carbocycles. The fourth-order valence-corrected chi connectivity index (χ4v) is 6.55. The molecule has 0 saturated carbocycles. The van der Waals surface area contributed by atoms with Gasteiger partial charge in [-0.2, -0.15) is 0 Å². The summed E-state index contributed by atoms with van der Waals surface area (Å²) < 4.78 is 1.70. The van der Waals surface area contributed by atoms with Crippen LogP contribution >= 0.6 is 0 Å². The fourth-order valence-electron chi connectivity index (χ4n) is 6.55. The molecule has 3 N–H and O–H groups in total. The number of likely N-dealkylation sites (tertiary alicyclic amines) is 2. The number of carbonyl (C=O) groups is 4. The van der Waals surface area contributed by atoms with Gasteiger partial charge >= 0.3 is 0 Å². The van der Waals surface area contributed by atoms with Gasteiger partial charge in [0.05, 0.1) is 18.8 Å². The maximum absolute atomic E-state index is 13.9. The van der Waals surface area contributed by atoms with Crippen LogP contribution in [0.4, 0.5) is 0 Å². The Kier molecular flexibility index (Phi) is 9.97. The summed E-state index contributed by atoms with van der Waals surface area (Å²) in [6, 6.07) is 7.21. The number of carbonyl (C=O) groups excluding carboxylic acids is 4. The molecule has 2 aromatic rings. The van der Waals surface area contributed by atoms with Gasteiger partial charge in [0.25, 0.3) is 0 Å². The number of piperidine rings is 1. The molecule has 3 aliphatic rings. The Hall–Kier alpha value is -3.80. The first-order chi connectivity index (χ1) is 21.1. The van der Waals surface area contributed by atoms with Gasteiger partial charge in [0.1, 0.15) is 23.8 Å². The molecule has 2 fully saturated rings. The molecule has 1 aromatic heterocycles. The Bertz CT molecular complexity index is 1320. The minimum atomic E-state index is -0.882. The van der Waals surface area contributed by atoms with Crippen LogP contribution in [0.15, 0.2) is 36.5 Å². The molecule has 0 spiro atoms. The maximum Gasteiger partial charge on any atom is 0.243 e. The molecule has 0 radical (unpaired) electrons. The first-order valence-electron chi connectivity index (χ1n) is 16.0. The smallest absolute Gasteiger partial charge is 0.243 e. The van der Waals surface area contributed by atoms with Crippen LogP contribution in [-0.2, 0) is 32.1 Å². The van der Waals surface area contributed by atoms with Gasteiger partial charge in [-0.1, -0.05) is 49.4 Å². The van der Waals surface area contributed by atoms with Crippen molar-refractivity contribution in [2.45, 2.75) is 96.6 Å². The molecule has 0 unspecified atom stereocenters. The second-order valence-corrected chi connectivity index (χ2v) is 13.1. The molecule has 4 atom stereocenters. The lowest BCUT2D eigenvalue weighted by Crippen LogP contribution is -2.58. The lowest BCUT2D eigenvalue weighted by Gasteiger charge is -2.35. The zero-order valence-electron chi connectivity index (χ0n) is 26.2. The van der Waals surface area contributed by atoms with Crippen LogP contribution in [0.25, 0.3) is 0 Å². The summed E-state index contributed by atoms with van der Waals surface area (Å²) in [5, 5.41) is 17.3. The Morgan fingerprint density at radius 3 is 2.39 bits per heavy atom. The largest absolute Gasteiger partial charge is 0.349 e. The molecule has 0 aliphatic carbocycles. The number of benzene rings is 1. The zero-order valence-corrected chi connectivity index (χ0v) is 26.2. The second-order valence-electron chi connectivity index (χ2n) is 13.1. The van der Waals surface area contributed by atoms with Gasteiger partial charge in [0.15, 0.2) is 0 Å². The molecule has 4 heterocycles. The van der Waals surface area contributed by atoms with E-state index in [-0.39, 0.29) is 48.6 Å². The van der Waals surface area contributed by atoms with Crippen LogP contribution in [0.1, 0.15) is 70.7 Å². The number of hydrogen-bond acceptors (Lipinski definition) is 7. The summed E-state index contributed by atoms with van der Waals surface area (Å²) in [5.74, 6) is -1.18. The van der Waals surface area contributed by atoms with E-state index in [0.717, 1.165) is 31.5 Å². The number of hydrogen-bond donors (Lipinski definition) is 3. The van der Waals surface area contributed by atoms with Gasteiger partial charge in [-0.05, 0) is 57.2 Å². The predicted octanol–water partition coefficient (Wildman–Crippen LogP) is 1.43. The van der Waals surface area contributed by atoms with E-state index < -0.39 is 24.0 Å². The second kappa shape index (κ2) is 13.9. The molecule has 5 rings (SSSR count). The quantitative estimate of drug-likeness (QED) is 0.452. The molecule has 238 valence electrons.